The number of carbonyl (C=O) groups excluding carboxylic acids is 1. The fraction of sp³-hybridized carbons (Fsp3) is 0.133. The highest BCUT2D eigenvalue weighted by Crippen LogP contribution is 2.22. The molecule has 4 N–H and O–H groups in total. The van der Waals surface area contributed by atoms with Crippen LogP contribution >= 0.6 is 11.6 Å². The molecular weight excluding hydrogens is 288 g/mol. The summed E-state index contributed by atoms with van der Waals surface area (Å²) < 4.78 is 0. The Morgan fingerprint density at radius 2 is 1.95 bits per heavy atom. The van der Waals surface area contributed by atoms with Crippen LogP contribution in [0.1, 0.15) is 10.4 Å². The fourth-order valence-electron chi connectivity index (χ4n) is 1.89. The van der Waals surface area contributed by atoms with Gasteiger partial charge in [-0.15, -0.1) is 0 Å². The van der Waals surface area contributed by atoms with E-state index in [2.05, 4.69) is 10.7 Å². The maximum absolute atomic E-state index is 12.3. The van der Waals surface area contributed by atoms with Crippen LogP contribution in [0, 0.1) is 0 Å². The number of hydrogen-bond acceptors (Lipinski definition) is 4. The van der Waals surface area contributed by atoms with E-state index in [1.165, 1.54) is 0 Å². The second-order valence-corrected chi connectivity index (χ2v) is 5.17. The molecule has 0 aliphatic heterocycles. The van der Waals surface area contributed by atoms with Crippen LogP contribution in [0.5, 0.6) is 0 Å². The Kier molecular flexibility index (Phi) is 4.67. The summed E-state index contributed by atoms with van der Waals surface area (Å²) in [5.74, 6) is 5.14. The summed E-state index contributed by atoms with van der Waals surface area (Å²) in [4.78, 5) is 14.3. The number of carbonyl (C=O) groups is 1. The van der Waals surface area contributed by atoms with Gasteiger partial charge in [-0.05, 0) is 36.4 Å². The molecule has 0 aliphatic carbocycles. The largest absolute Gasteiger partial charge is 0.378 e. The second-order valence-electron chi connectivity index (χ2n) is 4.73. The van der Waals surface area contributed by atoms with Crippen molar-refractivity contribution in [2.75, 3.05) is 29.7 Å². The average Bonchev–Trinajstić information content (AvgIpc) is 2.47. The van der Waals surface area contributed by atoms with Crippen LogP contribution < -0.4 is 21.5 Å². The van der Waals surface area contributed by atoms with Gasteiger partial charge < -0.3 is 15.6 Å². The van der Waals surface area contributed by atoms with Gasteiger partial charge in [-0.2, -0.15) is 0 Å². The minimum atomic E-state index is -0.277. The standard InChI is InChI=1S/C15H17ClN4O/c1-20(2)12-5-3-4-11(9-12)18-15(21)13-8-10(16)6-7-14(13)19-17/h3-9,19H,17H2,1-2H3,(H,18,21). The Hall–Kier alpha value is -2.24. The third kappa shape index (κ3) is 3.65. The van der Waals surface area contributed by atoms with Gasteiger partial charge in [0.15, 0.2) is 0 Å². The Morgan fingerprint density at radius 1 is 1.19 bits per heavy atom. The van der Waals surface area contributed by atoms with E-state index in [1.54, 1.807) is 18.2 Å². The molecule has 0 aromatic heterocycles. The fourth-order valence-corrected chi connectivity index (χ4v) is 2.06. The number of benzene rings is 2. The second kappa shape index (κ2) is 6.47. The van der Waals surface area contributed by atoms with E-state index in [9.17, 15) is 4.79 Å². The Labute approximate surface area is 128 Å². The Bertz CT molecular complexity index is 658. The van der Waals surface area contributed by atoms with Crippen molar-refractivity contribution in [3.05, 3.63) is 53.1 Å². The summed E-state index contributed by atoms with van der Waals surface area (Å²) in [7, 11) is 3.88. The van der Waals surface area contributed by atoms with Gasteiger partial charge in [0.05, 0.1) is 11.3 Å². The lowest BCUT2D eigenvalue weighted by Gasteiger charge is -2.14. The molecule has 0 fully saturated rings. The zero-order valence-corrected chi connectivity index (χ0v) is 12.6. The van der Waals surface area contributed by atoms with Gasteiger partial charge in [-0.25, -0.2) is 0 Å². The summed E-state index contributed by atoms with van der Waals surface area (Å²) in [6, 6.07) is 12.4. The molecule has 0 saturated carbocycles. The summed E-state index contributed by atoms with van der Waals surface area (Å²) >= 11 is 5.93. The van der Waals surface area contributed by atoms with Crippen molar-refractivity contribution in [2.24, 2.45) is 5.84 Å². The summed E-state index contributed by atoms with van der Waals surface area (Å²) in [6.07, 6.45) is 0. The lowest BCUT2D eigenvalue weighted by molar-refractivity contribution is 0.102. The van der Waals surface area contributed by atoms with Crippen LogP contribution in [0.4, 0.5) is 17.1 Å². The van der Waals surface area contributed by atoms with Gasteiger partial charge in [0.2, 0.25) is 0 Å². The predicted octanol–water partition coefficient (Wildman–Crippen LogP) is 2.94. The van der Waals surface area contributed by atoms with Gasteiger partial charge in [0, 0.05) is 30.5 Å². The Balaban J connectivity index is 2.26. The molecule has 21 heavy (non-hydrogen) atoms. The van der Waals surface area contributed by atoms with Crippen LogP contribution in [-0.4, -0.2) is 20.0 Å². The van der Waals surface area contributed by atoms with Crippen molar-refractivity contribution >= 4 is 34.6 Å². The molecule has 0 bridgehead atoms. The van der Waals surface area contributed by atoms with Crippen LogP contribution in [0.3, 0.4) is 0 Å². The van der Waals surface area contributed by atoms with Crippen molar-refractivity contribution in [2.45, 2.75) is 0 Å². The molecule has 5 nitrogen and oxygen atoms in total. The van der Waals surface area contributed by atoms with Crippen molar-refractivity contribution in [3.63, 3.8) is 0 Å². The monoisotopic (exact) mass is 304 g/mol. The molecule has 0 aliphatic rings. The predicted molar refractivity (Wildman–Crippen MR) is 88.0 cm³/mol. The first-order chi connectivity index (χ1) is 10.0. The number of nitrogen functional groups attached to an aromatic ring is 1. The number of rotatable bonds is 4. The summed E-state index contributed by atoms with van der Waals surface area (Å²) in [5.41, 5.74) is 5.09. The van der Waals surface area contributed by atoms with Gasteiger partial charge in [-0.3, -0.25) is 10.6 Å². The normalized spacial score (nSPS) is 10.1. The average molecular weight is 305 g/mol. The molecule has 0 saturated heterocycles. The van der Waals surface area contributed by atoms with E-state index < -0.39 is 0 Å². The molecule has 110 valence electrons. The molecule has 0 heterocycles. The number of nitrogens with zero attached hydrogens (tertiary/aromatic N) is 1. The molecule has 2 aromatic carbocycles. The molecule has 2 aromatic rings. The van der Waals surface area contributed by atoms with E-state index in [0.717, 1.165) is 5.69 Å². The van der Waals surface area contributed by atoms with Crippen LogP contribution in [0.25, 0.3) is 0 Å². The summed E-state index contributed by atoms with van der Waals surface area (Å²) in [6.45, 7) is 0. The van der Waals surface area contributed by atoms with E-state index in [4.69, 9.17) is 17.4 Å². The number of halogens is 1. The third-order valence-electron chi connectivity index (χ3n) is 3.00. The highest BCUT2D eigenvalue weighted by molar-refractivity contribution is 6.31. The van der Waals surface area contributed by atoms with Gasteiger partial charge >= 0.3 is 0 Å². The van der Waals surface area contributed by atoms with Gasteiger partial charge in [0.25, 0.3) is 5.91 Å². The molecule has 6 heteroatoms. The molecule has 2 rings (SSSR count). The number of nitrogens with two attached hydrogens (primary N) is 1. The maximum Gasteiger partial charge on any atom is 0.257 e. The van der Waals surface area contributed by atoms with Crippen LogP contribution in [-0.2, 0) is 0 Å². The van der Waals surface area contributed by atoms with Crippen molar-refractivity contribution < 1.29 is 4.79 Å². The first kappa shape index (κ1) is 15.2. The molecule has 0 unspecified atom stereocenters. The highest BCUT2D eigenvalue weighted by atomic mass is 35.5. The number of hydrogen-bond donors (Lipinski definition) is 3. The van der Waals surface area contributed by atoms with Crippen molar-refractivity contribution in [1.29, 1.82) is 0 Å². The van der Waals surface area contributed by atoms with Crippen LogP contribution in [0.15, 0.2) is 42.5 Å². The SMILES string of the molecule is CN(C)c1cccc(NC(=O)c2cc(Cl)ccc2NN)c1. The topological polar surface area (TPSA) is 70.4 Å². The Morgan fingerprint density at radius 3 is 2.62 bits per heavy atom. The van der Waals surface area contributed by atoms with Gasteiger partial charge in [-0.1, -0.05) is 17.7 Å². The molecular formula is C15H17ClN4O. The minimum absolute atomic E-state index is 0.277. The van der Waals surface area contributed by atoms with E-state index in [1.807, 2.05) is 43.3 Å². The molecule has 0 spiro atoms. The molecule has 0 atom stereocenters. The highest BCUT2D eigenvalue weighted by Gasteiger charge is 2.12. The smallest absolute Gasteiger partial charge is 0.257 e. The lowest BCUT2D eigenvalue weighted by atomic mass is 10.1. The lowest BCUT2D eigenvalue weighted by Crippen LogP contribution is -2.17. The van der Waals surface area contributed by atoms with E-state index in [0.29, 0.717) is 22.0 Å². The summed E-state index contributed by atoms with van der Waals surface area (Å²) in [5, 5.41) is 3.31. The quantitative estimate of drug-likeness (QED) is 0.600. The van der Waals surface area contributed by atoms with Crippen LogP contribution in [0.2, 0.25) is 5.02 Å². The van der Waals surface area contributed by atoms with Gasteiger partial charge in [0.1, 0.15) is 0 Å². The van der Waals surface area contributed by atoms with Crippen molar-refractivity contribution in [3.8, 4) is 0 Å². The molecule has 0 radical (unpaired) electrons. The third-order valence-corrected chi connectivity index (χ3v) is 3.24. The number of anilines is 3. The maximum atomic E-state index is 12.3. The zero-order valence-electron chi connectivity index (χ0n) is 11.9. The number of nitrogens with one attached hydrogen (secondary N) is 2. The first-order valence-electron chi connectivity index (χ1n) is 6.36. The van der Waals surface area contributed by atoms with E-state index >= 15 is 0 Å². The minimum Gasteiger partial charge on any atom is -0.378 e. The zero-order chi connectivity index (χ0) is 15.4. The molecule has 1 amide bonds. The number of amides is 1. The van der Waals surface area contributed by atoms with E-state index in [-0.39, 0.29) is 5.91 Å². The van der Waals surface area contributed by atoms with Crippen molar-refractivity contribution in [1.82, 2.24) is 0 Å². The number of hydrazine groups is 1. The first-order valence-corrected chi connectivity index (χ1v) is 6.74.